The molecule has 0 aliphatic carbocycles. The summed E-state index contributed by atoms with van der Waals surface area (Å²) in [6, 6.07) is 1.83. The number of nitrogens with zero attached hydrogens (tertiary/aromatic N) is 1. The maximum atomic E-state index is 6.10. The maximum absolute atomic E-state index is 6.10. The third-order valence-electron chi connectivity index (χ3n) is 2.65. The molecule has 16 heavy (non-hydrogen) atoms. The summed E-state index contributed by atoms with van der Waals surface area (Å²) >= 11 is 15.2. The van der Waals surface area contributed by atoms with Gasteiger partial charge in [-0.25, -0.2) is 4.98 Å². The lowest BCUT2D eigenvalue weighted by Crippen LogP contribution is -2.34. The van der Waals surface area contributed by atoms with Gasteiger partial charge in [-0.15, -0.1) is 11.6 Å². The van der Waals surface area contributed by atoms with Gasteiger partial charge < -0.3 is 5.32 Å². The monoisotopic (exact) mass is 324 g/mol. The molecule has 0 aliphatic rings. The van der Waals surface area contributed by atoms with Crippen molar-refractivity contribution in [2.75, 3.05) is 11.2 Å². The van der Waals surface area contributed by atoms with Crippen molar-refractivity contribution < 1.29 is 0 Å². The Bertz CT molecular complexity index is 360. The fourth-order valence-electron chi connectivity index (χ4n) is 1.33. The van der Waals surface area contributed by atoms with Gasteiger partial charge in [0.05, 0.1) is 5.02 Å². The van der Waals surface area contributed by atoms with E-state index in [0.717, 1.165) is 17.3 Å². The summed E-state index contributed by atoms with van der Waals surface area (Å²) in [6.45, 7) is 4.24. The average molecular weight is 326 g/mol. The van der Waals surface area contributed by atoms with E-state index >= 15 is 0 Å². The van der Waals surface area contributed by atoms with Crippen LogP contribution in [0.4, 0.5) is 5.82 Å². The number of nitrogens with one attached hydrogen (secondary N) is 1. The van der Waals surface area contributed by atoms with Crippen LogP contribution in [0.5, 0.6) is 0 Å². The second-order valence-electron chi connectivity index (χ2n) is 3.96. The first kappa shape index (κ1) is 14.1. The molecule has 0 fully saturated rings. The summed E-state index contributed by atoms with van der Waals surface area (Å²) in [5, 5.41) is 3.97. The van der Waals surface area contributed by atoms with Crippen molar-refractivity contribution in [1.82, 2.24) is 4.98 Å². The minimum Gasteiger partial charge on any atom is -0.364 e. The molecule has 2 nitrogen and oxygen atoms in total. The van der Waals surface area contributed by atoms with Crippen LogP contribution in [0, 0.1) is 0 Å². The van der Waals surface area contributed by atoms with Gasteiger partial charge in [0.25, 0.3) is 0 Å². The number of halogens is 3. The average Bonchev–Trinajstić information content (AvgIpc) is 2.23. The summed E-state index contributed by atoms with van der Waals surface area (Å²) in [5.41, 5.74) is -0.0633. The first-order valence-electron chi connectivity index (χ1n) is 5.16. The summed E-state index contributed by atoms with van der Waals surface area (Å²) < 4.78 is 0.874. The van der Waals surface area contributed by atoms with Gasteiger partial charge in [-0.1, -0.05) is 18.5 Å². The molecule has 1 atom stereocenters. The molecule has 0 radical (unpaired) electrons. The van der Waals surface area contributed by atoms with Crippen molar-refractivity contribution in [2.45, 2.75) is 32.2 Å². The van der Waals surface area contributed by atoms with Crippen molar-refractivity contribution in [1.29, 1.82) is 0 Å². The van der Waals surface area contributed by atoms with Gasteiger partial charge in [0, 0.05) is 22.1 Å². The van der Waals surface area contributed by atoms with E-state index < -0.39 is 0 Å². The summed E-state index contributed by atoms with van der Waals surface area (Å²) in [7, 11) is 0. The topological polar surface area (TPSA) is 24.9 Å². The van der Waals surface area contributed by atoms with E-state index in [4.69, 9.17) is 23.2 Å². The zero-order valence-electron chi connectivity index (χ0n) is 9.36. The molecule has 1 unspecified atom stereocenters. The van der Waals surface area contributed by atoms with Gasteiger partial charge in [0.15, 0.2) is 0 Å². The van der Waals surface area contributed by atoms with E-state index in [9.17, 15) is 0 Å². The molecule has 1 aromatic rings. The highest BCUT2D eigenvalue weighted by Crippen LogP contribution is 2.28. The summed E-state index contributed by atoms with van der Waals surface area (Å²) in [4.78, 5) is 4.26. The lowest BCUT2D eigenvalue weighted by Gasteiger charge is -2.30. The molecule has 1 aromatic heterocycles. The SMILES string of the molecule is CCC(C)(CCCl)Nc1ncc(Br)cc1Cl. The number of hydrogen-bond donors (Lipinski definition) is 1. The third-order valence-corrected chi connectivity index (χ3v) is 3.57. The standard InChI is InChI=1S/C11H15BrCl2N2/c1-3-11(2,4-5-13)16-10-9(14)6-8(12)7-15-10/h6-7H,3-5H2,1-2H3,(H,15,16). The van der Waals surface area contributed by atoms with Crippen LogP contribution in [0.1, 0.15) is 26.7 Å². The zero-order valence-corrected chi connectivity index (χ0v) is 12.5. The zero-order chi connectivity index (χ0) is 12.2. The predicted molar refractivity (Wildman–Crippen MR) is 74.6 cm³/mol. The lowest BCUT2D eigenvalue weighted by molar-refractivity contribution is 0.479. The number of rotatable bonds is 5. The van der Waals surface area contributed by atoms with E-state index in [1.807, 2.05) is 6.07 Å². The van der Waals surface area contributed by atoms with Crippen LogP contribution in [-0.4, -0.2) is 16.4 Å². The van der Waals surface area contributed by atoms with Crippen LogP contribution in [0.2, 0.25) is 5.02 Å². The Hall–Kier alpha value is 0.01000. The fraction of sp³-hybridized carbons (Fsp3) is 0.545. The molecule has 90 valence electrons. The molecular weight excluding hydrogens is 311 g/mol. The number of pyridine rings is 1. The molecule has 1 rings (SSSR count). The first-order valence-corrected chi connectivity index (χ1v) is 6.86. The van der Waals surface area contributed by atoms with Crippen LogP contribution in [0.25, 0.3) is 0 Å². The number of aromatic nitrogens is 1. The molecule has 0 bridgehead atoms. The molecule has 0 spiro atoms. The van der Waals surface area contributed by atoms with Crippen LogP contribution in [0.3, 0.4) is 0 Å². The maximum Gasteiger partial charge on any atom is 0.145 e. The van der Waals surface area contributed by atoms with Crippen molar-refractivity contribution in [3.63, 3.8) is 0 Å². The van der Waals surface area contributed by atoms with Gasteiger partial charge in [-0.3, -0.25) is 0 Å². The van der Waals surface area contributed by atoms with E-state index in [2.05, 4.69) is 40.1 Å². The summed E-state index contributed by atoms with van der Waals surface area (Å²) in [6.07, 6.45) is 3.57. The van der Waals surface area contributed by atoms with E-state index in [0.29, 0.717) is 16.7 Å². The Balaban J connectivity index is 2.85. The van der Waals surface area contributed by atoms with Crippen LogP contribution >= 0.6 is 39.1 Å². The van der Waals surface area contributed by atoms with E-state index in [1.165, 1.54) is 0 Å². The molecule has 0 aliphatic heterocycles. The Morgan fingerprint density at radius 3 is 2.75 bits per heavy atom. The van der Waals surface area contributed by atoms with Gasteiger partial charge in [-0.2, -0.15) is 0 Å². The lowest BCUT2D eigenvalue weighted by atomic mass is 9.95. The Morgan fingerprint density at radius 2 is 2.25 bits per heavy atom. The highest BCUT2D eigenvalue weighted by molar-refractivity contribution is 9.10. The molecule has 0 aromatic carbocycles. The Morgan fingerprint density at radius 1 is 1.56 bits per heavy atom. The highest BCUT2D eigenvalue weighted by atomic mass is 79.9. The van der Waals surface area contributed by atoms with Crippen molar-refractivity contribution in [2.24, 2.45) is 0 Å². The van der Waals surface area contributed by atoms with E-state index in [1.54, 1.807) is 6.20 Å². The Labute approximate surface area is 115 Å². The summed E-state index contributed by atoms with van der Waals surface area (Å²) in [5.74, 6) is 1.32. The quantitative estimate of drug-likeness (QED) is 0.793. The minimum atomic E-state index is -0.0633. The second-order valence-corrected chi connectivity index (χ2v) is 5.66. The predicted octanol–water partition coefficient (Wildman–Crippen LogP) is 4.71. The van der Waals surface area contributed by atoms with Crippen molar-refractivity contribution in [3.8, 4) is 0 Å². The van der Waals surface area contributed by atoms with Gasteiger partial charge in [-0.05, 0) is 41.8 Å². The van der Waals surface area contributed by atoms with Gasteiger partial charge in [0.1, 0.15) is 5.82 Å². The minimum absolute atomic E-state index is 0.0633. The smallest absolute Gasteiger partial charge is 0.145 e. The number of anilines is 1. The number of hydrogen-bond acceptors (Lipinski definition) is 2. The second kappa shape index (κ2) is 6.08. The normalized spacial score (nSPS) is 14.6. The molecule has 1 heterocycles. The fourth-order valence-corrected chi connectivity index (χ4v) is 2.42. The van der Waals surface area contributed by atoms with Crippen LogP contribution in [-0.2, 0) is 0 Å². The molecule has 1 N–H and O–H groups in total. The van der Waals surface area contributed by atoms with Gasteiger partial charge >= 0.3 is 0 Å². The molecule has 0 saturated heterocycles. The number of alkyl halides is 1. The largest absolute Gasteiger partial charge is 0.364 e. The van der Waals surface area contributed by atoms with Crippen LogP contribution < -0.4 is 5.32 Å². The third kappa shape index (κ3) is 3.79. The van der Waals surface area contributed by atoms with Crippen molar-refractivity contribution in [3.05, 3.63) is 21.8 Å². The molecule has 0 amide bonds. The van der Waals surface area contributed by atoms with Gasteiger partial charge in [0.2, 0.25) is 0 Å². The Kier molecular flexibility index (Phi) is 5.35. The highest BCUT2D eigenvalue weighted by Gasteiger charge is 2.22. The first-order chi connectivity index (χ1) is 7.50. The molecule has 5 heteroatoms. The van der Waals surface area contributed by atoms with Crippen molar-refractivity contribution >= 4 is 44.9 Å². The van der Waals surface area contributed by atoms with E-state index in [-0.39, 0.29) is 5.54 Å². The van der Waals surface area contributed by atoms with Crippen LogP contribution in [0.15, 0.2) is 16.7 Å². The molecular formula is C11H15BrCl2N2. The molecule has 0 saturated carbocycles.